The van der Waals surface area contributed by atoms with Crippen LogP contribution in [0.15, 0.2) is 24.4 Å². The van der Waals surface area contributed by atoms with E-state index in [0.717, 1.165) is 11.5 Å². The zero-order chi connectivity index (χ0) is 10.5. The van der Waals surface area contributed by atoms with Crippen molar-refractivity contribution in [3.63, 3.8) is 0 Å². The van der Waals surface area contributed by atoms with E-state index >= 15 is 0 Å². The first-order chi connectivity index (χ1) is 7.38. The van der Waals surface area contributed by atoms with E-state index in [9.17, 15) is 0 Å². The summed E-state index contributed by atoms with van der Waals surface area (Å²) in [6.07, 6.45) is 2.58. The molecule has 2 aromatic rings. The minimum Gasteiger partial charge on any atom is -0.263 e. The first-order valence-corrected chi connectivity index (χ1v) is 4.55. The van der Waals surface area contributed by atoms with Crippen LogP contribution in [0.5, 0.6) is 0 Å². The summed E-state index contributed by atoms with van der Waals surface area (Å²) in [4.78, 5) is 8.34. The van der Waals surface area contributed by atoms with E-state index in [4.69, 9.17) is 5.26 Å². The predicted octanol–water partition coefficient (Wildman–Crippen LogP) is 0.857. The van der Waals surface area contributed by atoms with E-state index in [1.54, 1.807) is 6.20 Å². The van der Waals surface area contributed by atoms with Crippen molar-refractivity contribution in [1.82, 2.24) is 20.2 Å². The highest BCUT2D eigenvalue weighted by Gasteiger charge is 2.03. The first kappa shape index (κ1) is 9.34. The van der Waals surface area contributed by atoms with Gasteiger partial charge in [0.1, 0.15) is 5.82 Å². The molecule has 0 aliphatic rings. The fourth-order valence-electron chi connectivity index (χ4n) is 1.24. The van der Waals surface area contributed by atoms with Gasteiger partial charge in [0.2, 0.25) is 0 Å². The van der Waals surface area contributed by atoms with E-state index in [2.05, 4.69) is 20.2 Å². The molecular formula is C10H9N5. The van der Waals surface area contributed by atoms with Crippen molar-refractivity contribution < 1.29 is 0 Å². The number of nitrogens with one attached hydrogen (secondary N) is 1. The summed E-state index contributed by atoms with van der Waals surface area (Å²) in [6.45, 7) is 0. The summed E-state index contributed by atoms with van der Waals surface area (Å²) in [7, 11) is 0. The van der Waals surface area contributed by atoms with Gasteiger partial charge in [0.05, 0.1) is 12.5 Å². The van der Waals surface area contributed by atoms with Crippen molar-refractivity contribution in [2.75, 3.05) is 0 Å². The third-order valence-corrected chi connectivity index (χ3v) is 1.89. The van der Waals surface area contributed by atoms with Gasteiger partial charge in [-0.05, 0) is 12.1 Å². The standard InChI is InChI=1S/C10H9N5/c11-5-4-9-13-10(15-14-9)7-8-3-1-2-6-12-8/h1-3,6H,4,7H2,(H,13,14,15). The molecule has 1 N–H and O–H groups in total. The van der Waals surface area contributed by atoms with Crippen molar-refractivity contribution in [2.24, 2.45) is 0 Å². The molecule has 5 nitrogen and oxygen atoms in total. The Morgan fingerprint density at radius 3 is 3.07 bits per heavy atom. The second kappa shape index (κ2) is 4.33. The molecule has 0 amide bonds. The highest BCUT2D eigenvalue weighted by molar-refractivity contribution is 5.10. The summed E-state index contributed by atoms with van der Waals surface area (Å²) in [5.41, 5.74) is 0.928. The lowest BCUT2D eigenvalue weighted by molar-refractivity contribution is 0.940. The number of aromatic amines is 1. The number of aromatic nitrogens is 4. The maximum absolute atomic E-state index is 8.46. The molecule has 2 aromatic heterocycles. The van der Waals surface area contributed by atoms with Crippen LogP contribution in [0.25, 0.3) is 0 Å². The Morgan fingerprint density at radius 1 is 1.40 bits per heavy atom. The van der Waals surface area contributed by atoms with Gasteiger partial charge in [0, 0.05) is 18.3 Å². The SMILES string of the molecule is N#CCc1n[nH]c(Cc2ccccn2)n1. The van der Waals surface area contributed by atoms with E-state index in [0.29, 0.717) is 12.2 Å². The Morgan fingerprint density at radius 2 is 2.33 bits per heavy atom. The van der Waals surface area contributed by atoms with Gasteiger partial charge in [0.25, 0.3) is 0 Å². The predicted molar refractivity (Wildman–Crippen MR) is 52.7 cm³/mol. The fraction of sp³-hybridized carbons (Fsp3) is 0.200. The first-order valence-electron chi connectivity index (χ1n) is 4.55. The molecule has 0 saturated carbocycles. The molecule has 0 aliphatic heterocycles. The van der Waals surface area contributed by atoms with Gasteiger partial charge in [-0.2, -0.15) is 10.4 Å². The summed E-state index contributed by atoms with van der Waals surface area (Å²) in [5.74, 6) is 1.27. The smallest absolute Gasteiger partial charge is 0.164 e. The Hall–Kier alpha value is -2.22. The Kier molecular flexibility index (Phi) is 2.70. The van der Waals surface area contributed by atoms with E-state index in [1.165, 1.54) is 0 Å². The molecule has 2 heterocycles. The highest BCUT2D eigenvalue weighted by Crippen LogP contribution is 2.01. The summed E-state index contributed by atoms with van der Waals surface area (Å²) in [6, 6.07) is 7.72. The zero-order valence-corrected chi connectivity index (χ0v) is 8.01. The Balaban J connectivity index is 2.09. The molecule has 0 bridgehead atoms. The number of hydrogen-bond donors (Lipinski definition) is 1. The van der Waals surface area contributed by atoms with Crippen LogP contribution in [0.2, 0.25) is 0 Å². The minimum absolute atomic E-state index is 0.235. The summed E-state index contributed by atoms with van der Waals surface area (Å²) in [5, 5.41) is 15.2. The second-order valence-electron chi connectivity index (χ2n) is 3.03. The molecule has 0 spiro atoms. The number of rotatable bonds is 3. The maximum atomic E-state index is 8.46. The Bertz CT molecular complexity index is 468. The molecule has 0 radical (unpaired) electrons. The van der Waals surface area contributed by atoms with Crippen LogP contribution < -0.4 is 0 Å². The lowest BCUT2D eigenvalue weighted by Gasteiger charge is -1.94. The molecular weight excluding hydrogens is 190 g/mol. The fourth-order valence-corrected chi connectivity index (χ4v) is 1.24. The normalized spacial score (nSPS) is 9.80. The molecule has 0 unspecified atom stereocenters. The second-order valence-corrected chi connectivity index (χ2v) is 3.03. The van der Waals surface area contributed by atoms with Crippen molar-refractivity contribution >= 4 is 0 Å². The zero-order valence-electron chi connectivity index (χ0n) is 8.01. The topological polar surface area (TPSA) is 78.2 Å². The van der Waals surface area contributed by atoms with E-state index < -0.39 is 0 Å². The number of H-pyrrole nitrogens is 1. The lowest BCUT2D eigenvalue weighted by atomic mass is 10.2. The average Bonchev–Trinajstić information content (AvgIpc) is 2.68. The highest BCUT2D eigenvalue weighted by atomic mass is 15.2. The van der Waals surface area contributed by atoms with Crippen LogP contribution >= 0.6 is 0 Å². The van der Waals surface area contributed by atoms with Gasteiger partial charge in [-0.3, -0.25) is 10.1 Å². The summed E-state index contributed by atoms with van der Waals surface area (Å²) < 4.78 is 0. The van der Waals surface area contributed by atoms with Gasteiger partial charge < -0.3 is 0 Å². The van der Waals surface area contributed by atoms with E-state index in [-0.39, 0.29) is 6.42 Å². The van der Waals surface area contributed by atoms with Crippen LogP contribution in [0.1, 0.15) is 17.3 Å². The van der Waals surface area contributed by atoms with Gasteiger partial charge >= 0.3 is 0 Å². The van der Waals surface area contributed by atoms with Crippen molar-refractivity contribution in [3.05, 3.63) is 41.7 Å². The summed E-state index contributed by atoms with van der Waals surface area (Å²) >= 11 is 0. The quantitative estimate of drug-likeness (QED) is 0.795. The molecule has 0 atom stereocenters. The van der Waals surface area contributed by atoms with Crippen LogP contribution in [0.3, 0.4) is 0 Å². The molecule has 2 rings (SSSR count). The van der Waals surface area contributed by atoms with E-state index in [1.807, 2.05) is 24.3 Å². The van der Waals surface area contributed by atoms with Crippen LogP contribution in [-0.2, 0) is 12.8 Å². The lowest BCUT2D eigenvalue weighted by Crippen LogP contribution is -1.93. The molecule has 0 aliphatic carbocycles. The number of nitriles is 1. The third kappa shape index (κ3) is 2.38. The monoisotopic (exact) mass is 199 g/mol. The molecule has 0 saturated heterocycles. The van der Waals surface area contributed by atoms with Crippen LogP contribution in [-0.4, -0.2) is 20.2 Å². The largest absolute Gasteiger partial charge is 0.263 e. The molecule has 0 aromatic carbocycles. The minimum atomic E-state index is 0.235. The molecule has 5 heteroatoms. The van der Waals surface area contributed by atoms with Crippen LogP contribution in [0, 0.1) is 11.3 Å². The van der Waals surface area contributed by atoms with Crippen LogP contribution in [0.4, 0.5) is 0 Å². The number of nitrogens with zero attached hydrogens (tertiary/aromatic N) is 4. The van der Waals surface area contributed by atoms with Crippen molar-refractivity contribution in [3.8, 4) is 6.07 Å². The van der Waals surface area contributed by atoms with Gasteiger partial charge in [0.15, 0.2) is 5.82 Å². The van der Waals surface area contributed by atoms with Crippen molar-refractivity contribution in [2.45, 2.75) is 12.8 Å². The number of hydrogen-bond acceptors (Lipinski definition) is 4. The molecule has 15 heavy (non-hydrogen) atoms. The average molecular weight is 199 g/mol. The van der Waals surface area contributed by atoms with Gasteiger partial charge in [-0.25, -0.2) is 4.98 Å². The van der Waals surface area contributed by atoms with Gasteiger partial charge in [-0.1, -0.05) is 6.07 Å². The number of pyridine rings is 1. The maximum Gasteiger partial charge on any atom is 0.164 e. The Labute approximate surface area is 86.8 Å². The van der Waals surface area contributed by atoms with Gasteiger partial charge in [-0.15, -0.1) is 0 Å². The third-order valence-electron chi connectivity index (χ3n) is 1.89. The van der Waals surface area contributed by atoms with Crippen molar-refractivity contribution in [1.29, 1.82) is 5.26 Å². The molecule has 0 fully saturated rings. The molecule has 74 valence electrons.